The molecular weight excluding hydrogens is 512 g/mol. The van der Waals surface area contributed by atoms with Crippen molar-refractivity contribution in [2.45, 2.75) is 74.5 Å². The van der Waals surface area contributed by atoms with E-state index in [0.29, 0.717) is 15.6 Å². The first-order valence-electron chi connectivity index (χ1n) is 11.5. The van der Waals surface area contributed by atoms with E-state index in [1.165, 1.54) is 75.2 Å². The molecule has 3 atom stereocenters. The van der Waals surface area contributed by atoms with Crippen molar-refractivity contribution in [3.63, 3.8) is 0 Å². The zero-order valence-corrected chi connectivity index (χ0v) is 22.1. The minimum absolute atomic E-state index is 0.597. The van der Waals surface area contributed by atoms with Gasteiger partial charge in [0.05, 0.1) is 6.07 Å². The van der Waals surface area contributed by atoms with Gasteiger partial charge in [-0.15, -0.1) is 0 Å². The lowest BCUT2D eigenvalue weighted by Gasteiger charge is -2.30. The Labute approximate surface area is 206 Å². The zero-order chi connectivity index (χ0) is 22.5. The van der Waals surface area contributed by atoms with E-state index in [0.717, 1.165) is 6.54 Å². The molecule has 0 aliphatic heterocycles. The van der Waals surface area contributed by atoms with Crippen molar-refractivity contribution in [2.24, 2.45) is 0 Å². The summed E-state index contributed by atoms with van der Waals surface area (Å²) in [5.41, 5.74) is 4.41. The predicted octanol–water partition coefficient (Wildman–Crippen LogP) is 7.86. The van der Waals surface area contributed by atoms with Crippen LogP contribution in [0.1, 0.15) is 68.6 Å². The molecule has 0 spiro atoms. The molecule has 0 bridgehead atoms. The van der Waals surface area contributed by atoms with Gasteiger partial charge in [0.2, 0.25) is 0 Å². The van der Waals surface area contributed by atoms with Crippen molar-refractivity contribution in [1.29, 1.82) is 5.26 Å². The highest BCUT2D eigenvalue weighted by Crippen LogP contribution is 2.39. The summed E-state index contributed by atoms with van der Waals surface area (Å²) in [5, 5.41) is 7.32. The molecule has 1 aliphatic carbocycles. The van der Waals surface area contributed by atoms with Crippen LogP contribution in [0.5, 0.6) is 0 Å². The molecule has 1 aliphatic rings. The van der Waals surface area contributed by atoms with E-state index in [9.17, 15) is 0 Å². The second kappa shape index (κ2) is 14.8. The van der Waals surface area contributed by atoms with Gasteiger partial charge in [0.15, 0.2) is 0 Å². The van der Waals surface area contributed by atoms with Crippen LogP contribution in [0, 0.1) is 11.3 Å². The van der Waals surface area contributed by atoms with Crippen molar-refractivity contribution < 1.29 is 0 Å². The smallest absolute Gasteiger partial charge is 0.0587 e. The van der Waals surface area contributed by atoms with Crippen molar-refractivity contribution in [2.75, 3.05) is 13.1 Å². The fraction of sp³-hybridized carbons (Fsp3) is 0.519. The van der Waals surface area contributed by atoms with Crippen molar-refractivity contribution >= 4 is 31.9 Å². The quantitative estimate of drug-likeness (QED) is 0.299. The molecule has 1 saturated carbocycles. The van der Waals surface area contributed by atoms with Crippen LogP contribution < -0.4 is 0 Å². The number of nitriles is 1. The number of hydrogen-bond acceptors (Lipinski definition) is 2. The first kappa shape index (κ1) is 26.1. The highest BCUT2D eigenvalue weighted by Gasteiger charge is 2.27. The van der Waals surface area contributed by atoms with Crippen molar-refractivity contribution in [1.82, 2.24) is 4.90 Å². The van der Waals surface area contributed by atoms with Gasteiger partial charge in [0.25, 0.3) is 0 Å². The highest BCUT2D eigenvalue weighted by atomic mass is 79.9. The maximum atomic E-state index is 7.32. The van der Waals surface area contributed by atoms with E-state index in [1.54, 1.807) is 6.07 Å². The SMILES string of the molecule is CC#N.CCCN(CCCc1ccc(C2CCC(Br)C(Br)C2)cc1)Cc1ccccc1. The number of rotatable bonds is 9. The summed E-state index contributed by atoms with van der Waals surface area (Å²) in [6.07, 6.45) is 7.40. The maximum Gasteiger partial charge on any atom is 0.0587 e. The summed E-state index contributed by atoms with van der Waals surface area (Å²) in [5.74, 6) is 0.707. The predicted molar refractivity (Wildman–Crippen MR) is 140 cm³/mol. The Balaban J connectivity index is 0.00000107. The third kappa shape index (κ3) is 9.48. The zero-order valence-electron chi connectivity index (χ0n) is 18.9. The average Bonchev–Trinajstić information content (AvgIpc) is 2.78. The molecule has 1 fully saturated rings. The van der Waals surface area contributed by atoms with Gasteiger partial charge in [-0.05, 0) is 74.2 Å². The van der Waals surface area contributed by atoms with Gasteiger partial charge in [-0.1, -0.05) is 93.4 Å². The third-order valence-corrected chi connectivity index (χ3v) is 8.69. The molecule has 0 N–H and O–H groups in total. The maximum absolute atomic E-state index is 7.32. The molecule has 0 aromatic heterocycles. The van der Waals surface area contributed by atoms with E-state index in [2.05, 4.69) is 98.3 Å². The minimum atomic E-state index is 0.597. The Hall–Kier alpha value is -1.15. The lowest BCUT2D eigenvalue weighted by atomic mass is 9.83. The van der Waals surface area contributed by atoms with E-state index < -0.39 is 0 Å². The first-order valence-corrected chi connectivity index (χ1v) is 13.3. The summed E-state index contributed by atoms with van der Waals surface area (Å²) >= 11 is 7.62. The number of aryl methyl sites for hydroxylation is 1. The summed E-state index contributed by atoms with van der Waals surface area (Å²) in [6.45, 7) is 7.12. The monoisotopic (exact) mass is 546 g/mol. The van der Waals surface area contributed by atoms with Gasteiger partial charge in [-0.3, -0.25) is 4.90 Å². The van der Waals surface area contributed by atoms with E-state index in [-0.39, 0.29) is 0 Å². The van der Waals surface area contributed by atoms with Gasteiger partial charge in [-0.2, -0.15) is 5.26 Å². The van der Waals surface area contributed by atoms with E-state index >= 15 is 0 Å². The second-order valence-corrected chi connectivity index (χ2v) is 10.7. The van der Waals surface area contributed by atoms with Crippen LogP contribution in [0.4, 0.5) is 0 Å². The number of benzene rings is 2. The molecule has 2 aromatic carbocycles. The fourth-order valence-electron chi connectivity index (χ4n) is 4.27. The largest absolute Gasteiger partial charge is 0.299 e. The van der Waals surface area contributed by atoms with Crippen molar-refractivity contribution in [3.05, 3.63) is 71.3 Å². The highest BCUT2D eigenvalue weighted by molar-refractivity contribution is 9.12. The van der Waals surface area contributed by atoms with Gasteiger partial charge in [0.1, 0.15) is 0 Å². The molecule has 0 heterocycles. The van der Waals surface area contributed by atoms with Crippen LogP contribution in [0.25, 0.3) is 0 Å². The Morgan fingerprint density at radius 3 is 2.23 bits per heavy atom. The molecule has 31 heavy (non-hydrogen) atoms. The van der Waals surface area contributed by atoms with E-state index in [4.69, 9.17) is 5.26 Å². The van der Waals surface area contributed by atoms with Crippen LogP contribution in [0.2, 0.25) is 0 Å². The Kier molecular flexibility index (Phi) is 12.5. The number of alkyl halides is 2. The van der Waals surface area contributed by atoms with Crippen LogP contribution in [-0.2, 0) is 13.0 Å². The number of nitrogens with zero attached hydrogens (tertiary/aromatic N) is 2. The van der Waals surface area contributed by atoms with Gasteiger partial charge in [0, 0.05) is 23.1 Å². The van der Waals surface area contributed by atoms with Crippen LogP contribution in [0.15, 0.2) is 54.6 Å². The van der Waals surface area contributed by atoms with Crippen LogP contribution in [0.3, 0.4) is 0 Å². The molecule has 3 rings (SSSR count). The first-order chi connectivity index (χ1) is 15.1. The molecule has 2 nitrogen and oxygen atoms in total. The Morgan fingerprint density at radius 2 is 1.61 bits per heavy atom. The van der Waals surface area contributed by atoms with Crippen LogP contribution >= 0.6 is 31.9 Å². The standard InChI is InChI=1S/C25H33Br2N.C2H3N/c1-2-16-28(19-21-7-4-3-5-8-21)17-6-9-20-10-12-22(13-11-20)23-14-15-24(26)25(27)18-23;1-2-3/h3-5,7-8,10-13,23-25H,2,6,9,14-19H2,1H3;1H3. The molecular formula is C27H36Br2N2. The number of hydrogen-bond donors (Lipinski definition) is 0. The number of halogens is 2. The van der Waals surface area contributed by atoms with E-state index in [1.807, 2.05) is 0 Å². The fourth-order valence-corrected chi connectivity index (χ4v) is 5.47. The van der Waals surface area contributed by atoms with Gasteiger partial charge < -0.3 is 0 Å². The summed E-state index contributed by atoms with van der Waals surface area (Å²) in [6, 6.07) is 22.1. The lowest BCUT2D eigenvalue weighted by molar-refractivity contribution is 0.262. The second-order valence-electron chi connectivity index (χ2n) is 8.37. The molecule has 0 amide bonds. The van der Waals surface area contributed by atoms with Crippen LogP contribution in [-0.4, -0.2) is 27.6 Å². The molecule has 168 valence electrons. The van der Waals surface area contributed by atoms with Gasteiger partial charge >= 0.3 is 0 Å². The normalized spacial score (nSPS) is 20.6. The molecule has 4 heteroatoms. The third-order valence-electron chi connectivity index (χ3n) is 5.87. The molecule has 3 unspecified atom stereocenters. The Bertz CT molecular complexity index is 770. The average molecular weight is 548 g/mol. The molecule has 2 aromatic rings. The lowest BCUT2D eigenvalue weighted by Crippen LogP contribution is -2.25. The van der Waals surface area contributed by atoms with Crippen molar-refractivity contribution in [3.8, 4) is 6.07 Å². The summed E-state index contributed by atoms with van der Waals surface area (Å²) in [7, 11) is 0. The molecule has 0 saturated heterocycles. The summed E-state index contributed by atoms with van der Waals surface area (Å²) < 4.78 is 0. The topological polar surface area (TPSA) is 27.0 Å². The molecule has 0 radical (unpaired) electrons. The minimum Gasteiger partial charge on any atom is -0.299 e. The van der Waals surface area contributed by atoms with Gasteiger partial charge in [-0.25, -0.2) is 0 Å². The summed E-state index contributed by atoms with van der Waals surface area (Å²) in [4.78, 5) is 3.82. The Morgan fingerprint density at radius 1 is 0.935 bits per heavy atom.